The van der Waals surface area contributed by atoms with E-state index in [1.54, 1.807) is 23.7 Å². The first-order valence-electron chi connectivity index (χ1n) is 8.90. The monoisotopic (exact) mass is 369 g/mol. The molecule has 0 aliphatic carbocycles. The summed E-state index contributed by atoms with van der Waals surface area (Å²) in [6, 6.07) is 0. The van der Waals surface area contributed by atoms with Crippen LogP contribution in [0, 0.1) is 13.8 Å². The molecule has 0 aromatic carbocycles. The van der Waals surface area contributed by atoms with Crippen LogP contribution < -0.4 is 5.32 Å². The first-order chi connectivity index (χ1) is 12.7. The standard InChI is InChI=1S/C18H23N7S/c1-12-8-21-18(26-12)23-17-16(19-5-6-20-17)14-4-3-7-25(10-14)11-15-9-22-24-13(15)2/h5-6,8-9,14H,3-4,7,10-11H2,1-2H3,(H,22,24)(H,20,21,23)/t14-/m1/s1. The van der Waals surface area contributed by atoms with Gasteiger partial charge in [-0.25, -0.2) is 9.97 Å². The Kier molecular flexibility index (Phi) is 4.94. The average Bonchev–Trinajstić information content (AvgIpc) is 3.24. The third-order valence-corrected chi connectivity index (χ3v) is 5.62. The van der Waals surface area contributed by atoms with Crippen molar-refractivity contribution in [3.63, 3.8) is 0 Å². The highest BCUT2D eigenvalue weighted by Gasteiger charge is 2.25. The van der Waals surface area contributed by atoms with Crippen molar-refractivity contribution in [1.82, 2.24) is 30.0 Å². The van der Waals surface area contributed by atoms with Crippen molar-refractivity contribution in [3.8, 4) is 0 Å². The number of hydrogen-bond donors (Lipinski definition) is 2. The number of nitrogens with one attached hydrogen (secondary N) is 2. The van der Waals surface area contributed by atoms with E-state index in [0.717, 1.165) is 54.8 Å². The zero-order chi connectivity index (χ0) is 17.9. The lowest BCUT2D eigenvalue weighted by Gasteiger charge is -2.32. The summed E-state index contributed by atoms with van der Waals surface area (Å²) < 4.78 is 0. The van der Waals surface area contributed by atoms with Crippen LogP contribution in [-0.4, -0.2) is 43.1 Å². The quantitative estimate of drug-likeness (QED) is 0.717. The Morgan fingerprint density at radius 1 is 1.23 bits per heavy atom. The predicted molar refractivity (Wildman–Crippen MR) is 103 cm³/mol. The molecule has 26 heavy (non-hydrogen) atoms. The number of rotatable bonds is 5. The minimum Gasteiger partial charge on any atom is -0.315 e. The number of nitrogens with zero attached hydrogens (tertiary/aromatic N) is 5. The summed E-state index contributed by atoms with van der Waals surface area (Å²) in [6.45, 7) is 7.14. The van der Waals surface area contributed by atoms with E-state index in [9.17, 15) is 0 Å². The number of aromatic nitrogens is 5. The summed E-state index contributed by atoms with van der Waals surface area (Å²) in [4.78, 5) is 17.2. The van der Waals surface area contributed by atoms with Gasteiger partial charge in [-0.3, -0.25) is 15.0 Å². The van der Waals surface area contributed by atoms with Gasteiger partial charge in [-0.05, 0) is 33.2 Å². The van der Waals surface area contributed by atoms with E-state index >= 15 is 0 Å². The van der Waals surface area contributed by atoms with Gasteiger partial charge in [-0.1, -0.05) is 0 Å². The molecule has 0 spiro atoms. The number of aryl methyl sites for hydroxylation is 2. The lowest BCUT2D eigenvalue weighted by Crippen LogP contribution is -2.34. The van der Waals surface area contributed by atoms with Gasteiger partial charge >= 0.3 is 0 Å². The van der Waals surface area contributed by atoms with Crippen molar-refractivity contribution in [3.05, 3.63) is 46.6 Å². The predicted octanol–water partition coefficient (Wildman–Crippen LogP) is 3.40. The van der Waals surface area contributed by atoms with Crippen molar-refractivity contribution in [2.75, 3.05) is 18.4 Å². The Morgan fingerprint density at radius 2 is 2.12 bits per heavy atom. The SMILES string of the molecule is Cc1cnc(Nc2nccnc2[C@@H]2CCCN(Cc3cn[nH]c3C)C2)s1. The molecule has 1 aliphatic heterocycles. The molecular formula is C18H23N7S. The van der Waals surface area contributed by atoms with Gasteiger partial charge in [0.1, 0.15) is 0 Å². The highest BCUT2D eigenvalue weighted by Crippen LogP contribution is 2.32. The van der Waals surface area contributed by atoms with Gasteiger partial charge in [0.15, 0.2) is 10.9 Å². The molecule has 4 rings (SSSR count). The minimum atomic E-state index is 0.369. The number of piperidine rings is 1. The van der Waals surface area contributed by atoms with E-state index in [0.29, 0.717) is 5.92 Å². The Balaban J connectivity index is 1.50. The molecule has 0 unspecified atom stereocenters. The zero-order valence-electron chi connectivity index (χ0n) is 15.1. The van der Waals surface area contributed by atoms with Gasteiger partial charge in [0, 0.05) is 53.7 Å². The summed E-state index contributed by atoms with van der Waals surface area (Å²) >= 11 is 1.63. The highest BCUT2D eigenvalue weighted by atomic mass is 32.1. The normalized spacial score (nSPS) is 18.2. The van der Waals surface area contributed by atoms with Crippen LogP contribution in [0.15, 0.2) is 24.8 Å². The van der Waals surface area contributed by atoms with Crippen molar-refractivity contribution in [1.29, 1.82) is 0 Å². The van der Waals surface area contributed by atoms with Gasteiger partial charge in [0.2, 0.25) is 0 Å². The second-order valence-corrected chi connectivity index (χ2v) is 8.02. The fourth-order valence-electron chi connectivity index (χ4n) is 3.46. The van der Waals surface area contributed by atoms with Crippen LogP contribution in [0.5, 0.6) is 0 Å². The Bertz CT molecular complexity index is 872. The van der Waals surface area contributed by atoms with Gasteiger partial charge in [-0.15, -0.1) is 11.3 Å². The number of likely N-dealkylation sites (tertiary alicyclic amines) is 1. The first-order valence-corrected chi connectivity index (χ1v) is 9.72. The molecule has 0 radical (unpaired) electrons. The first kappa shape index (κ1) is 17.1. The Hall–Kier alpha value is -2.32. The van der Waals surface area contributed by atoms with E-state index in [2.05, 4.69) is 49.2 Å². The lowest BCUT2D eigenvalue weighted by molar-refractivity contribution is 0.198. The van der Waals surface area contributed by atoms with Gasteiger partial charge in [0.05, 0.1) is 11.9 Å². The van der Waals surface area contributed by atoms with Crippen LogP contribution in [0.3, 0.4) is 0 Å². The fourth-order valence-corrected chi connectivity index (χ4v) is 4.12. The lowest BCUT2D eigenvalue weighted by atomic mass is 9.94. The van der Waals surface area contributed by atoms with Crippen LogP contribution in [0.4, 0.5) is 10.9 Å². The molecule has 4 heterocycles. The molecule has 1 aliphatic rings. The molecule has 1 fully saturated rings. The van der Waals surface area contributed by atoms with Crippen LogP contribution in [0.2, 0.25) is 0 Å². The number of aromatic amines is 1. The van der Waals surface area contributed by atoms with Crippen LogP contribution in [0.1, 0.15) is 40.6 Å². The summed E-state index contributed by atoms with van der Waals surface area (Å²) in [5.41, 5.74) is 3.45. The molecule has 0 bridgehead atoms. The topological polar surface area (TPSA) is 82.6 Å². The van der Waals surface area contributed by atoms with Gasteiger partial charge < -0.3 is 5.32 Å². The molecule has 1 saturated heterocycles. The molecule has 2 N–H and O–H groups in total. The highest BCUT2D eigenvalue weighted by molar-refractivity contribution is 7.15. The van der Waals surface area contributed by atoms with Crippen LogP contribution in [-0.2, 0) is 6.54 Å². The van der Waals surface area contributed by atoms with E-state index in [1.807, 2.05) is 12.4 Å². The van der Waals surface area contributed by atoms with Crippen LogP contribution in [0.25, 0.3) is 0 Å². The minimum absolute atomic E-state index is 0.369. The van der Waals surface area contributed by atoms with E-state index in [4.69, 9.17) is 0 Å². The number of H-pyrrole nitrogens is 1. The van der Waals surface area contributed by atoms with Crippen molar-refractivity contribution < 1.29 is 0 Å². The number of anilines is 2. The summed E-state index contributed by atoms with van der Waals surface area (Å²) in [5.74, 6) is 1.20. The summed E-state index contributed by atoms with van der Waals surface area (Å²) in [5, 5.41) is 11.4. The van der Waals surface area contributed by atoms with E-state index in [1.165, 1.54) is 10.4 Å². The van der Waals surface area contributed by atoms with E-state index in [-0.39, 0.29) is 0 Å². The van der Waals surface area contributed by atoms with E-state index < -0.39 is 0 Å². The Labute approximate surface area is 156 Å². The van der Waals surface area contributed by atoms with Crippen molar-refractivity contribution in [2.45, 2.75) is 39.2 Å². The molecule has 3 aromatic heterocycles. The Morgan fingerprint density at radius 3 is 2.88 bits per heavy atom. The number of thiazole rings is 1. The largest absolute Gasteiger partial charge is 0.315 e. The molecule has 136 valence electrons. The average molecular weight is 369 g/mol. The van der Waals surface area contributed by atoms with Crippen molar-refractivity contribution in [2.24, 2.45) is 0 Å². The molecule has 1 atom stereocenters. The summed E-state index contributed by atoms with van der Waals surface area (Å²) in [7, 11) is 0. The van der Waals surface area contributed by atoms with Gasteiger partial charge in [0.25, 0.3) is 0 Å². The second kappa shape index (κ2) is 7.51. The maximum Gasteiger partial charge on any atom is 0.188 e. The smallest absolute Gasteiger partial charge is 0.188 e. The molecule has 7 nitrogen and oxygen atoms in total. The number of hydrogen-bond acceptors (Lipinski definition) is 7. The molecule has 0 amide bonds. The zero-order valence-corrected chi connectivity index (χ0v) is 15.9. The molecule has 0 saturated carbocycles. The second-order valence-electron chi connectivity index (χ2n) is 6.79. The fraction of sp³-hybridized carbons (Fsp3) is 0.444. The van der Waals surface area contributed by atoms with Crippen LogP contribution >= 0.6 is 11.3 Å². The third kappa shape index (κ3) is 3.76. The van der Waals surface area contributed by atoms with Crippen molar-refractivity contribution >= 4 is 22.3 Å². The molecule has 8 heteroatoms. The van der Waals surface area contributed by atoms with Gasteiger partial charge in [-0.2, -0.15) is 5.10 Å². The molecular weight excluding hydrogens is 346 g/mol. The summed E-state index contributed by atoms with van der Waals surface area (Å²) in [6.07, 6.45) is 9.62. The third-order valence-electron chi connectivity index (χ3n) is 4.79. The maximum atomic E-state index is 4.66. The maximum absolute atomic E-state index is 4.66. The molecule has 3 aromatic rings.